The van der Waals surface area contributed by atoms with Crippen LogP contribution in [0.3, 0.4) is 0 Å². The molecule has 0 aliphatic carbocycles. The molecule has 0 spiro atoms. The van der Waals surface area contributed by atoms with Crippen LogP contribution in [-0.2, 0) is 0 Å². The second-order valence-electron chi connectivity index (χ2n) is 5.81. The maximum absolute atomic E-state index is 12.5. The quantitative estimate of drug-likeness (QED) is 0.753. The Morgan fingerprint density at radius 1 is 1.22 bits per heavy atom. The van der Waals surface area contributed by atoms with E-state index < -0.39 is 0 Å². The number of hydrogen-bond donors (Lipinski definition) is 2. The van der Waals surface area contributed by atoms with Crippen LogP contribution >= 0.6 is 0 Å². The van der Waals surface area contributed by atoms with E-state index in [2.05, 4.69) is 5.32 Å². The molecule has 4 nitrogen and oxygen atoms in total. The highest BCUT2D eigenvalue weighted by atomic mass is 16.3. The zero-order valence-corrected chi connectivity index (χ0v) is 13.4. The molecule has 0 bridgehead atoms. The number of amides is 1. The largest absolute Gasteiger partial charge is 0.450 e. The van der Waals surface area contributed by atoms with Crippen molar-refractivity contribution in [3.8, 4) is 0 Å². The SMILES string of the molecule is CCC(CCO)NC(=O)c1oc2c(ccc3ccccc32)c1C. The molecule has 3 aromatic rings. The van der Waals surface area contributed by atoms with E-state index in [1.807, 2.05) is 50.2 Å². The lowest BCUT2D eigenvalue weighted by Gasteiger charge is -2.14. The van der Waals surface area contributed by atoms with Gasteiger partial charge in [0.05, 0.1) is 0 Å². The van der Waals surface area contributed by atoms with E-state index in [-0.39, 0.29) is 18.6 Å². The maximum atomic E-state index is 12.5. The van der Waals surface area contributed by atoms with Crippen LogP contribution in [0.15, 0.2) is 40.8 Å². The van der Waals surface area contributed by atoms with Gasteiger partial charge in [-0.1, -0.05) is 43.3 Å². The molecule has 1 aromatic heterocycles. The van der Waals surface area contributed by atoms with Gasteiger partial charge in [0.15, 0.2) is 5.76 Å². The van der Waals surface area contributed by atoms with Gasteiger partial charge in [-0.25, -0.2) is 0 Å². The first-order valence-corrected chi connectivity index (χ1v) is 7.98. The number of nitrogens with one attached hydrogen (secondary N) is 1. The molecule has 0 fully saturated rings. The summed E-state index contributed by atoms with van der Waals surface area (Å²) < 4.78 is 5.92. The number of benzene rings is 2. The van der Waals surface area contributed by atoms with Crippen molar-refractivity contribution in [2.45, 2.75) is 32.7 Å². The van der Waals surface area contributed by atoms with E-state index in [1.165, 1.54) is 0 Å². The molecule has 0 aliphatic rings. The molecule has 1 unspecified atom stereocenters. The zero-order chi connectivity index (χ0) is 16.4. The summed E-state index contributed by atoms with van der Waals surface area (Å²) in [6.45, 7) is 3.95. The van der Waals surface area contributed by atoms with E-state index in [0.717, 1.165) is 33.7 Å². The molecule has 0 radical (unpaired) electrons. The van der Waals surface area contributed by atoms with E-state index >= 15 is 0 Å². The average molecular weight is 311 g/mol. The third kappa shape index (κ3) is 2.82. The minimum absolute atomic E-state index is 0.0446. The smallest absolute Gasteiger partial charge is 0.287 e. The van der Waals surface area contributed by atoms with E-state index in [4.69, 9.17) is 9.52 Å². The third-order valence-electron chi connectivity index (χ3n) is 4.34. The molecule has 1 amide bonds. The number of hydrogen-bond acceptors (Lipinski definition) is 3. The normalized spacial score (nSPS) is 12.7. The van der Waals surface area contributed by atoms with Gasteiger partial charge in [0.2, 0.25) is 0 Å². The molecule has 0 aliphatic heterocycles. The van der Waals surface area contributed by atoms with Gasteiger partial charge >= 0.3 is 0 Å². The average Bonchev–Trinajstić information content (AvgIpc) is 2.92. The maximum Gasteiger partial charge on any atom is 0.287 e. The predicted molar refractivity (Wildman–Crippen MR) is 91.7 cm³/mol. The fourth-order valence-electron chi connectivity index (χ4n) is 2.95. The number of carbonyl (C=O) groups is 1. The summed E-state index contributed by atoms with van der Waals surface area (Å²) >= 11 is 0. The third-order valence-corrected chi connectivity index (χ3v) is 4.34. The van der Waals surface area contributed by atoms with Gasteiger partial charge in [0, 0.05) is 29.0 Å². The first kappa shape index (κ1) is 15.6. The van der Waals surface area contributed by atoms with Crippen molar-refractivity contribution in [3.05, 3.63) is 47.7 Å². The minimum Gasteiger partial charge on any atom is -0.450 e. The summed E-state index contributed by atoms with van der Waals surface area (Å²) in [5.41, 5.74) is 1.60. The van der Waals surface area contributed by atoms with Crippen molar-refractivity contribution in [1.29, 1.82) is 0 Å². The van der Waals surface area contributed by atoms with Gasteiger partial charge in [0.25, 0.3) is 5.91 Å². The highest BCUT2D eigenvalue weighted by Gasteiger charge is 2.20. The Bertz CT molecular complexity index is 850. The summed E-state index contributed by atoms with van der Waals surface area (Å²) in [6, 6.07) is 12.0. The molecule has 0 saturated heterocycles. The fourth-order valence-corrected chi connectivity index (χ4v) is 2.95. The molecular weight excluding hydrogens is 290 g/mol. The molecule has 4 heteroatoms. The second-order valence-corrected chi connectivity index (χ2v) is 5.81. The lowest BCUT2D eigenvalue weighted by Crippen LogP contribution is -2.35. The highest BCUT2D eigenvalue weighted by Crippen LogP contribution is 2.31. The summed E-state index contributed by atoms with van der Waals surface area (Å²) in [5.74, 6) is 0.135. The second kappa shape index (κ2) is 6.42. The predicted octanol–water partition coefficient (Wildman–Crippen LogP) is 3.79. The van der Waals surface area contributed by atoms with Gasteiger partial charge < -0.3 is 14.8 Å². The van der Waals surface area contributed by atoms with Crippen LogP contribution in [0, 0.1) is 6.92 Å². The van der Waals surface area contributed by atoms with Crippen molar-refractivity contribution in [2.24, 2.45) is 0 Å². The monoisotopic (exact) mass is 311 g/mol. The molecule has 0 saturated carbocycles. The van der Waals surface area contributed by atoms with Gasteiger partial charge in [-0.3, -0.25) is 4.79 Å². The van der Waals surface area contributed by atoms with E-state index in [1.54, 1.807) is 0 Å². The number of furan rings is 1. The van der Waals surface area contributed by atoms with Crippen LogP contribution in [0.4, 0.5) is 0 Å². The van der Waals surface area contributed by atoms with E-state index in [9.17, 15) is 4.79 Å². The van der Waals surface area contributed by atoms with Gasteiger partial charge in [0.1, 0.15) is 5.58 Å². The lowest BCUT2D eigenvalue weighted by atomic mass is 10.1. The van der Waals surface area contributed by atoms with Crippen LogP contribution < -0.4 is 5.32 Å². The lowest BCUT2D eigenvalue weighted by molar-refractivity contribution is 0.0902. The molecular formula is C19H21NO3. The summed E-state index contributed by atoms with van der Waals surface area (Å²) in [4.78, 5) is 12.5. The van der Waals surface area contributed by atoms with Gasteiger partial charge in [-0.2, -0.15) is 0 Å². The Morgan fingerprint density at radius 2 is 2.00 bits per heavy atom. The zero-order valence-electron chi connectivity index (χ0n) is 13.4. The molecule has 2 N–H and O–H groups in total. The number of carbonyl (C=O) groups excluding carboxylic acids is 1. The van der Waals surface area contributed by atoms with Crippen LogP contribution in [-0.4, -0.2) is 23.7 Å². The van der Waals surface area contributed by atoms with Crippen LogP contribution in [0.1, 0.15) is 35.9 Å². The number of aliphatic hydroxyl groups is 1. The van der Waals surface area contributed by atoms with Gasteiger partial charge in [-0.05, 0) is 25.2 Å². The summed E-state index contributed by atoms with van der Waals surface area (Å²) in [6.07, 6.45) is 1.32. The summed E-state index contributed by atoms with van der Waals surface area (Å²) in [7, 11) is 0. The molecule has 23 heavy (non-hydrogen) atoms. The van der Waals surface area contributed by atoms with Crippen LogP contribution in [0.25, 0.3) is 21.7 Å². The molecule has 1 atom stereocenters. The van der Waals surface area contributed by atoms with Crippen molar-refractivity contribution in [1.82, 2.24) is 5.32 Å². The van der Waals surface area contributed by atoms with Crippen LogP contribution in [0.5, 0.6) is 0 Å². The van der Waals surface area contributed by atoms with Crippen molar-refractivity contribution >= 4 is 27.6 Å². The van der Waals surface area contributed by atoms with E-state index in [0.29, 0.717) is 12.2 Å². The van der Waals surface area contributed by atoms with Crippen molar-refractivity contribution in [3.63, 3.8) is 0 Å². The first-order valence-electron chi connectivity index (χ1n) is 7.98. The fraction of sp³-hybridized carbons (Fsp3) is 0.316. The Balaban J connectivity index is 2.03. The number of rotatable bonds is 5. The summed E-state index contributed by atoms with van der Waals surface area (Å²) in [5, 5.41) is 15.1. The minimum atomic E-state index is -0.219. The number of aryl methyl sites for hydroxylation is 1. The first-order chi connectivity index (χ1) is 11.2. The Labute approximate surface area is 135 Å². The Hall–Kier alpha value is -2.33. The Kier molecular flexibility index (Phi) is 4.35. The standard InChI is InChI=1S/C19H21NO3/c1-3-14(10-11-21)20-19(22)17-12(2)15-9-8-13-6-4-5-7-16(13)18(15)23-17/h4-9,14,21H,3,10-11H2,1-2H3,(H,20,22). The highest BCUT2D eigenvalue weighted by molar-refractivity contribution is 6.08. The van der Waals surface area contributed by atoms with Crippen molar-refractivity contribution in [2.75, 3.05) is 6.61 Å². The molecule has 1 heterocycles. The topological polar surface area (TPSA) is 62.5 Å². The van der Waals surface area contributed by atoms with Crippen LogP contribution in [0.2, 0.25) is 0 Å². The number of aliphatic hydroxyl groups excluding tert-OH is 1. The van der Waals surface area contributed by atoms with Crippen molar-refractivity contribution < 1.29 is 14.3 Å². The molecule has 3 rings (SSSR count). The molecule has 120 valence electrons. The van der Waals surface area contributed by atoms with Gasteiger partial charge in [-0.15, -0.1) is 0 Å². The number of fused-ring (bicyclic) bond motifs is 3. The Morgan fingerprint density at radius 3 is 2.74 bits per heavy atom. The molecule has 2 aromatic carbocycles.